The first kappa shape index (κ1) is 20.1. The number of carbonyl (C=O) groups excluding carboxylic acids is 1. The van der Waals surface area contributed by atoms with Crippen molar-refractivity contribution >= 4 is 5.91 Å². The zero-order valence-corrected chi connectivity index (χ0v) is 16.8. The number of hydrogen-bond donors (Lipinski definition) is 1. The van der Waals surface area contributed by atoms with Crippen molar-refractivity contribution in [3.63, 3.8) is 0 Å². The topological polar surface area (TPSA) is 48.1 Å². The van der Waals surface area contributed by atoms with Crippen LogP contribution in [-0.4, -0.2) is 86.1 Å². The second-order valence-corrected chi connectivity index (χ2v) is 7.80. The Labute approximate surface area is 163 Å². The van der Waals surface area contributed by atoms with Gasteiger partial charge in [-0.2, -0.15) is 0 Å². The third-order valence-electron chi connectivity index (χ3n) is 5.70. The number of likely N-dealkylation sites (N-methyl/N-ethyl adjacent to an activating group) is 1. The lowest BCUT2D eigenvalue weighted by Crippen LogP contribution is -2.50. The maximum atomic E-state index is 12.2. The Morgan fingerprint density at radius 1 is 1.11 bits per heavy atom. The summed E-state index contributed by atoms with van der Waals surface area (Å²) in [6, 6.07) is 8.53. The van der Waals surface area contributed by atoms with Crippen LogP contribution in [0, 0.1) is 0 Å². The predicted molar refractivity (Wildman–Crippen MR) is 108 cm³/mol. The summed E-state index contributed by atoms with van der Waals surface area (Å²) in [6.45, 7) is 10.4. The first-order valence-corrected chi connectivity index (χ1v) is 10.3. The van der Waals surface area contributed by atoms with Gasteiger partial charge in [-0.1, -0.05) is 18.2 Å². The van der Waals surface area contributed by atoms with Gasteiger partial charge in [-0.15, -0.1) is 0 Å². The van der Waals surface area contributed by atoms with Crippen molar-refractivity contribution < 1.29 is 9.53 Å². The van der Waals surface area contributed by atoms with Crippen molar-refractivity contribution in [2.75, 3.05) is 59.5 Å². The van der Waals surface area contributed by atoms with E-state index in [1.807, 2.05) is 23.1 Å². The summed E-state index contributed by atoms with van der Waals surface area (Å²) in [6.07, 6.45) is 2.22. The van der Waals surface area contributed by atoms with Gasteiger partial charge in [-0.05, 0) is 32.9 Å². The number of hydrogen-bond acceptors (Lipinski definition) is 5. The number of rotatable bonds is 8. The summed E-state index contributed by atoms with van der Waals surface area (Å²) < 4.78 is 5.85. The van der Waals surface area contributed by atoms with E-state index in [9.17, 15) is 4.79 Å². The molecule has 1 aromatic rings. The molecule has 150 valence electrons. The molecule has 27 heavy (non-hydrogen) atoms. The van der Waals surface area contributed by atoms with Gasteiger partial charge in [0.15, 0.2) is 6.61 Å². The van der Waals surface area contributed by atoms with Crippen LogP contribution in [0.5, 0.6) is 5.75 Å². The maximum Gasteiger partial charge on any atom is 0.260 e. The fourth-order valence-corrected chi connectivity index (χ4v) is 3.80. The summed E-state index contributed by atoms with van der Waals surface area (Å²) in [4.78, 5) is 19.0. The molecule has 0 saturated carbocycles. The fraction of sp³-hybridized carbons (Fsp3) is 0.667. The molecule has 0 aromatic heterocycles. The minimum absolute atomic E-state index is 0.0963. The van der Waals surface area contributed by atoms with Gasteiger partial charge in [0, 0.05) is 64.0 Å². The Kier molecular flexibility index (Phi) is 7.50. The van der Waals surface area contributed by atoms with Crippen molar-refractivity contribution in [1.82, 2.24) is 20.0 Å². The SMILES string of the molecule is CC(CNCc1ccccc1OCC(=O)N1CCCC1)N1CCN(C)CC1. The Hall–Kier alpha value is -1.63. The van der Waals surface area contributed by atoms with Gasteiger partial charge < -0.3 is 19.9 Å². The molecule has 2 saturated heterocycles. The number of nitrogens with zero attached hydrogens (tertiary/aromatic N) is 3. The van der Waals surface area contributed by atoms with Gasteiger partial charge in [0.1, 0.15) is 5.75 Å². The van der Waals surface area contributed by atoms with E-state index in [1.54, 1.807) is 0 Å². The molecule has 6 nitrogen and oxygen atoms in total. The van der Waals surface area contributed by atoms with Crippen molar-refractivity contribution in [1.29, 1.82) is 0 Å². The molecule has 0 aliphatic carbocycles. The van der Waals surface area contributed by atoms with Crippen molar-refractivity contribution in [3.8, 4) is 5.75 Å². The lowest BCUT2D eigenvalue weighted by Gasteiger charge is -2.36. The van der Waals surface area contributed by atoms with E-state index in [0.29, 0.717) is 6.04 Å². The molecule has 3 rings (SSSR count). The highest BCUT2D eigenvalue weighted by Gasteiger charge is 2.20. The first-order valence-electron chi connectivity index (χ1n) is 10.3. The molecule has 2 heterocycles. The summed E-state index contributed by atoms with van der Waals surface area (Å²) in [5.41, 5.74) is 1.11. The molecule has 0 spiro atoms. The highest BCUT2D eigenvalue weighted by Crippen LogP contribution is 2.18. The molecule has 1 atom stereocenters. The van der Waals surface area contributed by atoms with Gasteiger partial charge in [-0.3, -0.25) is 9.69 Å². The average Bonchev–Trinajstić information content (AvgIpc) is 3.22. The molecule has 1 unspecified atom stereocenters. The van der Waals surface area contributed by atoms with Crippen LogP contribution in [0.1, 0.15) is 25.3 Å². The largest absolute Gasteiger partial charge is 0.483 e. The summed E-state index contributed by atoms with van der Waals surface area (Å²) in [5.74, 6) is 0.906. The van der Waals surface area contributed by atoms with Gasteiger partial charge in [0.05, 0.1) is 0 Å². The normalized spacial score (nSPS) is 20.0. The van der Waals surface area contributed by atoms with Crippen LogP contribution >= 0.6 is 0 Å². The Balaban J connectivity index is 1.44. The second kappa shape index (κ2) is 10.1. The monoisotopic (exact) mass is 374 g/mol. The quantitative estimate of drug-likeness (QED) is 0.746. The number of para-hydroxylation sites is 1. The molecule has 2 aliphatic rings. The molecule has 1 N–H and O–H groups in total. The first-order chi connectivity index (χ1) is 13.1. The molecule has 0 radical (unpaired) electrons. The molecule has 6 heteroatoms. The number of likely N-dealkylation sites (tertiary alicyclic amines) is 1. The lowest BCUT2D eigenvalue weighted by atomic mass is 10.2. The highest BCUT2D eigenvalue weighted by molar-refractivity contribution is 5.78. The van der Waals surface area contributed by atoms with E-state index in [4.69, 9.17) is 4.74 Å². The summed E-state index contributed by atoms with van der Waals surface area (Å²) in [5, 5.41) is 3.56. The van der Waals surface area contributed by atoms with Gasteiger partial charge >= 0.3 is 0 Å². The fourth-order valence-electron chi connectivity index (χ4n) is 3.80. The zero-order chi connectivity index (χ0) is 19.1. The summed E-state index contributed by atoms with van der Waals surface area (Å²) >= 11 is 0. The van der Waals surface area contributed by atoms with Gasteiger partial charge in [0.2, 0.25) is 0 Å². The maximum absolute atomic E-state index is 12.2. The van der Waals surface area contributed by atoms with Crippen LogP contribution in [0.3, 0.4) is 0 Å². The molecule has 1 amide bonds. The number of amides is 1. The van der Waals surface area contributed by atoms with Crippen LogP contribution in [0.25, 0.3) is 0 Å². The Morgan fingerprint density at radius 3 is 2.56 bits per heavy atom. The van der Waals surface area contributed by atoms with Crippen LogP contribution in [0.2, 0.25) is 0 Å². The Bertz CT molecular complexity index is 596. The molecular weight excluding hydrogens is 340 g/mol. The molecule has 2 fully saturated rings. The van der Waals surface area contributed by atoms with E-state index in [1.165, 1.54) is 0 Å². The molecule has 2 aliphatic heterocycles. The summed E-state index contributed by atoms with van der Waals surface area (Å²) in [7, 11) is 2.19. The number of nitrogens with one attached hydrogen (secondary N) is 1. The van der Waals surface area contributed by atoms with Crippen LogP contribution < -0.4 is 10.1 Å². The van der Waals surface area contributed by atoms with E-state index in [-0.39, 0.29) is 12.5 Å². The van der Waals surface area contributed by atoms with E-state index in [0.717, 1.165) is 76.5 Å². The van der Waals surface area contributed by atoms with Crippen molar-refractivity contribution in [3.05, 3.63) is 29.8 Å². The van der Waals surface area contributed by atoms with Crippen molar-refractivity contribution in [2.45, 2.75) is 32.4 Å². The Morgan fingerprint density at radius 2 is 1.81 bits per heavy atom. The minimum atomic E-state index is 0.0963. The van der Waals surface area contributed by atoms with Crippen LogP contribution in [-0.2, 0) is 11.3 Å². The average molecular weight is 375 g/mol. The highest BCUT2D eigenvalue weighted by atomic mass is 16.5. The second-order valence-electron chi connectivity index (χ2n) is 7.80. The third kappa shape index (κ3) is 5.92. The number of carbonyl (C=O) groups is 1. The standard InChI is InChI=1S/C21H34N4O2/c1-18(24-13-11-23(2)12-14-24)15-22-16-19-7-3-4-8-20(19)27-17-21(26)25-9-5-6-10-25/h3-4,7-8,18,22H,5-6,9-17H2,1-2H3. The molecule has 0 bridgehead atoms. The van der Waals surface area contributed by atoms with E-state index in [2.05, 4.69) is 35.2 Å². The minimum Gasteiger partial charge on any atom is -0.483 e. The van der Waals surface area contributed by atoms with E-state index < -0.39 is 0 Å². The number of ether oxygens (including phenoxy) is 1. The predicted octanol–water partition coefficient (Wildman–Crippen LogP) is 1.41. The third-order valence-corrected chi connectivity index (χ3v) is 5.70. The number of benzene rings is 1. The van der Waals surface area contributed by atoms with Gasteiger partial charge in [0.25, 0.3) is 5.91 Å². The van der Waals surface area contributed by atoms with Crippen LogP contribution in [0.15, 0.2) is 24.3 Å². The van der Waals surface area contributed by atoms with Crippen molar-refractivity contribution in [2.24, 2.45) is 0 Å². The molecule has 1 aromatic carbocycles. The molecular formula is C21H34N4O2. The van der Waals surface area contributed by atoms with Gasteiger partial charge in [-0.25, -0.2) is 0 Å². The van der Waals surface area contributed by atoms with Crippen LogP contribution in [0.4, 0.5) is 0 Å². The smallest absolute Gasteiger partial charge is 0.260 e. The number of piperazine rings is 1. The zero-order valence-electron chi connectivity index (χ0n) is 16.8. The van der Waals surface area contributed by atoms with E-state index >= 15 is 0 Å². The lowest BCUT2D eigenvalue weighted by molar-refractivity contribution is -0.132.